The molecule has 1 atom stereocenters. The van der Waals surface area contributed by atoms with Crippen LogP contribution in [0.25, 0.3) is 0 Å². The van der Waals surface area contributed by atoms with Crippen molar-refractivity contribution >= 4 is 27.4 Å². The quantitative estimate of drug-likeness (QED) is 0.677. The van der Waals surface area contributed by atoms with Crippen molar-refractivity contribution in [3.8, 4) is 11.5 Å². The van der Waals surface area contributed by atoms with E-state index in [1.165, 1.54) is 0 Å². The minimum absolute atomic E-state index is 0.133. The summed E-state index contributed by atoms with van der Waals surface area (Å²) in [7, 11) is 0. The minimum atomic E-state index is -0.648. The van der Waals surface area contributed by atoms with E-state index in [-0.39, 0.29) is 12.4 Å². The van der Waals surface area contributed by atoms with Crippen LogP contribution >= 0.6 is 15.9 Å². The standard InChI is InChI=1S/C15H12BrNO3/c16-11-7-9(17)5-6-10(11)15(18)14-8-19-12-3-1-2-4-13(12)20-14/h1-7,14H,8,17H2. The second-order valence-electron chi connectivity index (χ2n) is 4.47. The highest BCUT2D eigenvalue weighted by atomic mass is 79.9. The SMILES string of the molecule is Nc1ccc(C(=O)C2COc3ccccc3O2)c(Br)c1. The average Bonchev–Trinajstić information content (AvgIpc) is 2.46. The number of halogens is 1. The minimum Gasteiger partial charge on any atom is -0.485 e. The number of hydrogen-bond acceptors (Lipinski definition) is 4. The molecular weight excluding hydrogens is 322 g/mol. The number of ketones is 1. The molecule has 5 heteroatoms. The molecule has 1 unspecified atom stereocenters. The fourth-order valence-electron chi connectivity index (χ4n) is 2.05. The maximum Gasteiger partial charge on any atom is 0.208 e. The Balaban J connectivity index is 1.86. The summed E-state index contributed by atoms with van der Waals surface area (Å²) < 4.78 is 11.9. The molecule has 0 fully saturated rings. The van der Waals surface area contributed by atoms with Gasteiger partial charge in [-0.05, 0) is 46.3 Å². The Morgan fingerprint density at radius 3 is 2.70 bits per heavy atom. The molecule has 0 aliphatic carbocycles. The monoisotopic (exact) mass is 333 g/mol. The molecule has 2 N–H and O–H groups in total. The van der Waals surface area contributed by atoms with Gasteiger partial charge in [0.1, 0.15) is 6.61 Å². The van der Waals surface area contributed by atoms with Gasteiger partial charge in [0, 0.05) is 15.7 Å². The summed E-state index contributed by atoms with van der Waals surface area (Å²) in [6.07, 6.45) is -0.648. The van der Waals surface area contributed by atoms with Gasteiger partial charge in [0.25, 0.3) is 0 Å². The Labute approximate surface area is 124 Å². The third kappa shape index (κ3) is 2.36. The second kappa shape index (κ2) is 5.17. The number of para-hydroxylation sites is 2. The third-order valence-electron chi connectivity index (χ3n) is 3.06. The summed E-state index contributed by atoms with van der Waals surface area (Å²) >= 11 is 3.35. The van der Waals surface area contributed by atoms with E-state index >= 15 is 0 Å². The maximum atomic E-state index is 12.5. The van der Waals surface area contributed by atoms with Gasteiger partial charge in [0.05, 0.1) is 0 Å². The van der Waals surface area contributed by atoms with Crippen LogP contribution in [0.2, 0.25) is 0 Å². The first-order chi connectivity index (χ1) is 9.65. The highest BCUT2D eigenvalue weighted by Gasteiger charge is 2.29. The third-order valence-corrected chi connectivity index (χ3v) is 3.72. The Bertz CT molecular complexity index is 672. The molecule has 0 saturated heterocycles. The van der Waals surface area contributed by atoms with Gasteiger partial charge in [0.2, 0.25) is 5.78 Å². The van der Waals surface area contributed by atoms with Gasteiger partial charge in [0.15, 0.2) is 17.6 Å². The highest BCUT2D eigenvalue weighted by Crippen LogP contribution is 2.32. The smallest absolute Gasteiger partial charge is 0.208 e. The van der Waals surface area contributed by atoms with E-state index in [0.29, 0.717) is 27.2 Å². The van der Waals surface area contributed by atoms with Gasteiger partial charge in [-0.1, -0.05) is 12.1 Å². The number of ether oxygens (including phenoxy) is 2. The van der Waals surface area contributed by atoms with Crippen molar-refractivity contribution in [1.82, 2.24) is 0 Å². The summed E-state index contributed by atoms with van der Waals surface area (Å²) in [6, 6.07) is 12.4. The average molecular weight is 334 g/mol. The van der Waals surface area contributed by atoms with E-state index in [1.807, 2.05) is 18.2 Å². The fraction of sp³-hybridized carbons (Fsp3) is 0.133. The normalized spacial score (nSPS) is 16.8. The fourth-order valence-corrected chi connectivity index (χ4v) is 2.65. The van der Waals surface area contributed by atoms with Crippen LogP contribution in [-0.4, -0.2) is 18.5 Å². The predicted octanol–water partition coefficient (Wildman–Crippen LogP) is 3.05. The molecule has 0 amide bonds. The number of carbonyl (C=O) groups excluding carboxylic acids is 1. The zero-order valence-electron chi connectivity index (χ0n) is 10.5. The lowest BCUT2D eigenvalue weighted by molar-refractivity contribution is 0.0585. The number of hydrogen-bond donors (Lipinski definition) is 1. The number of Topliss-reactive ketones (excluding diaryl/α,β-unsaturated/α-hetero) is 1. The summed E-state index contributed by atoms with van der Waals surface area (Å²) in [5.41, 5.74) is 6.80. The molecule has 0 saturated carbocycles. The number of fused-ring (bicyclic) bond motifs is 1. The second-order valence-corrected chi connectivity index (χ2v) is 5.32. The van der Waals surface area contributed by atoms with Crippen LogP contribution in [0.4, 0.5) is 5.69 Å². The number of carbonyl (C=O) groups is 1. The lowest BCUT2D eigenvalue weighted by Gasteiger charge is -2.25. The summed E-state index contributed by atoms with van der Waals surface area (Å²) in [6.45, 7) is 0.201. The Morgan fingerprint density at radius 2 is 1.95 bits per heavy atom. The van der Waals surface area contributed by atoms with Gasteiger partial charge >= 0.3 is 0 Å². The summed E-state index contributed by atoms with van der Waals surface area (Å²) in [4.78, 5) is 12.5. The first-order valence-corrected chi connectivity index (χ1v) is 6.92. The Morgan fingerprint density at radius 1 is 1.20 bits per heavy atom. The van der Waals surface area contributed by atoms with Crippen LogP contribution in [0.5, 0.6) is 11.5 Å². The van der Waals surface area contributed by atoms with Gasteiger partial charge in [-0.2, -0.15) is 0 Å². The highest BCUT2D eigenvalue weighted by molar-refractivity contribution is 9.10. The molecule has 1 aliphatic heterocycles. The van der Waals surface area contributed by atoms with Gasteiger partial charge in [-0.25, -0.2) is 0 Å². The molecule has 20 heavy (non-hydrogen) atoms. The van der Waals surface area contributed by atoms with Crippen LogP contribution in [0.3, 0.4) is 0 Å². The molecule has 102 valence electrons. The summed E-state index contributed by atoms with van der Waals surface area (Å²) in [5, 5.41) is 0. The van der Waals surface area contributed by atoms with Gasteiger partial charge in [-0.3, -0.25) is 4.79 Å². The zero-order valence-corrected chi connectivity index (χ0v) is 12.1. The van der Waals surface area contributed by atoms with Crippen molar-refractivity contribution in [1.29, 1.82) is 0 Å². The van der Waals surface area contributed by atoms with Crippen molar-refractivity contribution in [2.24, 2.45) is 0 Å². The topological polar surface area (TPSA) is 61.6 Å². The Kier molecular flexibility index (Phi) is 3.36. The molecule has 0 radical (unpaired) electrons. The van der Waals surface area contributed by atoms with Crippen LogP contribution in [0.15, 0.2) is 46.9 Å². The molecule has 0 spiro atoms. The van der Waals surface area contributed by atoms with Crippen molar-refractivity contribution < 1.29 is 14.3 Å². The molecule has 0 aromatic heterocycles. The molecular formula is C15H12BrNO3. The van der Waals surface area contributed by atoms with E-state index < -0.39 is 6.10 Å². The van der Waals surface area contributed by atoms with Crippen LogP contribution < -0.4 is 15.2 Å². The zero-order chi connectivity index (χ0) is 14.1. The maximum absolute atomic E-state index is 12.5. The molecule has 4 nitrogen and oxygen atoms in total. The predicted molar refractivity (Wildman–Crippen MR) is 79.2 cm³/mol. The largest absolute Gasteiger partial charge is 0.485 e. The first-order valence-electron chi connectivity index (χ1n) is 6.13. The number of benzene rings is 2. The molecule has 2 aromatic carbocycles. The van der Waals surface area contributed by atoms with Crippen molar-refractivity contribution in [3.05, 3.63) is 52.5 Å². The van der Waals surface area contributed by atoms with E-state index in [1.54, 1.807) is 24.3 Å². The van der Waals surface area contributed by atoms with Crippen LogP contribution in [0, 0.1) is 0 Å². The van der Waals surface area contributed by atoms with Crippen molar-refractivity contribution in [2.75, 3.05) is 12.3 Å². The molecule has 2 aromatic rings. The van der Waals surface area contributed by atoms with Crippen LogP contribution in [-0.2, 0) is 0 Å². The van der Waals surface area contributed by atoms with E-state index in [0.717, 1.165) is 0 Å². The lowest BCUT2D eigenvalue weighted by Crippen LogP contribution is -2.36. The number of rotatable bonds is 2. The number of nitrogen functional groups attached to an aromatic ring is 1. The molecule has 3 rings (SSSR count). The molecule has 1 aliphatic rings. The van der Waals surface area contributed by atoms with E-state index in [9.17, 15) is 4.79 Å². The molecule has 0 bridgehead atoms. The number of anilines is 1. The molecule has 1 heterocycles. The summed E-state index contributed by atoms with van der Waals surface area (Å²) in [5.74, 6) is 1.11. The van der Waals surface area contributed by atoms with Gasteiger partial charge < -0.3 is 15.2 Å². The van der Waals surface area contributed by atoms with Crippen LogP contribution in [0.1, 0.15) is 10.4 Å². The van der Waals surface area contributed by atoms with Gasteiger partial charge in [-0.15, -0.1) is 0 Å². The first kappa shape index (κ1) is 13.0. The number of nitrogens with two attached hydrogens (primary N) is 1. The van der Waals surface area contributed by atoms with Crippen molar-refractivity contribution in [2.45, 2.75) is 6.10 Å². The van der Waals surface area contributed by atoms with Crippen molar-refractivity contribution in [3.63, 3.8) is 0 Å². The Hall–Kier alpha value is -2.01. The van der Waals surface area contributed by atoms with E-state index in [2.05, 4.69) is 15.9 Å². The lowest BCUT2D eigenvalue weighted by atomic mass is 10.1. The van der Waals surface area contributed by atoms with E-state index in [4.69, 9.17) is 15.2 Å².